The van der Waals surface area contributed by atoms with E-state index in [1.54, 1.807) is 0 Å². The topological polar surface area (TPSA) is 55.9 Å². The maximum Gasteiger partial charge on any atom is 0.0774 e. The molecule has 0 bridgehead atoms. The fourth-order valence-electron chi connectivity index (χ4n) is 1.79. The Balaban J connectivity index is 2.18. The predicted molar refractivity (Wildman–Crippen MR) is 56.1 cm³/mol. The molecule has 0 unspecified atom stereocenters. The summed E-state index contributed by atoms with van der Waals surface area (Å²) in [5.74, 6) is 0. The molecule has 1 aliphatic heterocycles. The van der Waals surface area contributed by atoms with Crippen molar-refractivity contribution in [1.82, 2.24) is 15.1 Å². The average molecular weight is 188 g/mol. The van der Waals surface area contributed by atoms with Gasteiger partial charge in [0.2, 0.25) is 0 Å². The first kappa shape index (κ1) is 7.82. The van der Waals surface area contributed by atoms with Crippen molar-refractivity contribution >= 4 is 16.6 Å². The van der Waals surface area contributed by atoms with E-state index in [9.17, 15) is 0 Å². The second-order valence-corrected chi connectivity index (χ2v) is 3.72. The Bertz CT molecular complexity index is 470. The van der Waals surface area contributed by atoms with Crippen LogP contribution in [0.4, 0.5) is 5.69 Å². The normalized spacial score (nSPS) is 17.1. The first-order valence-corrected chi connectivity index (χ1v) is 4.78. The monoisotopic (exact) mass is 188 g/mol. The van der Waals surface area contributed by atoms with Crippen LogP contribution in [-0.4, -0.2) is 22.9 Å². The summed E-state index contributed by atoms with van der Waals surface area (Å²) in [4.78, 5) is 0. The number of hydrogen-bond acceptors (Lipinski definition) is 3. The highest BCUT2D eigenvalue weighted by Crippen LogP contribution is 2.21. The van der Waals surface area contributed by atoms with Gasteiger partial charge in [-0.3, -0.25) is 4.68 Å². The van der Waals surface area contributed by atoms with Crippen LogP contribution in [0.25, 0.3) is 10.9 Å². The standard InChI is InChI=1S/C10H12N4/c11-8-2-1-7-4-13-14(10(7)3-8)9-5-12-6-9/h1-4,9,12H,5-6,11H2. The molecule has 0 saturated carbocycles. The van der Waals surface area contributed by atoms with Gasteiger partial charge in [-0.1, -0.05) is 0 Å². The van der Waals surface area contributed by atoms with Crippen molar-refractivity contribution in [3.63, 3.8) is 0 Å². The molecule has 4 heteroatoms. The highest BCUT2D eigenvalue weighted by Gasteiger charge is 2.20. The summed E-state index contributed by atoms with van der Waals surface area (Å²) in [6, 6.07) is 6.41. The maximum absolute atomic E-state index is 5.75. The molecule has 0 radical (unpaired) electrons. The highest BCUT2D eigenvalue weighted by molar-refractivity contribution is 5.81. The number of fused-ring (bicyclic) bond motifs is 1. The predicted octanol–water partition coefficient (Wildman–Crippen LogP) is 0.763. The summed E-state index contributed by atoms with van der Waals surface area (Å²) in [5.41, 5.74) is 7.69. The number of benzene rings is 1. The number of anilines is 1. The third-order valence-corrected chi connectivity index (χ3v) is 2.73. The van der Waals surface area contributed by atoms with E-state index in [4.69, 9.17) is 5.73 Å². The molecule has 1 fully saturated rings. The lowest BCUT2D eigenvalue weighted by atomic mass is 10.1. The van der Waals surface area contributed by atoms with E-state index >= 15 is 0 Å². The zero-order chi connectivity index (χ0) is 9.54. The summed E-state index contributed by atoms with van der Waals surface area (Å²) in [5, 5.41) is 8.77. The SMILES string of the molecule is Nc1ccc2cnn(C3CNC3)c2c1. The quantitative estimate of drug-likeness (QED) is 0.650. The second-order valence-electron chi connectivity index (χ2n) is 3.72. The van der Waals surface area contributed by atoms with Gasteiger partial charge < -0.3 is 11.1 Å². The molecule has 3 N–H and O–H groups in total. The average Bonchev–Trinajstić information content (AvgIpc) is 2.46. The molecule has 0 spiro atoms. The molecule has 1 aromatic carbocycles. The van der Waals surface area contributed by atoms with E-state index < -0.39 is 0 Å². The minimum atomic E-state index is 0.495. The molecule has 0 aliphatic carbocycles. The van der Waals surface area contributed by atoms with Gasteiger partial charge >= 0.3 is 0 Å². The molecule has 1 aliphatic rings. The third kappa shape index (κ3) is 1.01. The fraction of sp³-hybridized carbons (Fsp3) is 0.300. The number of rotatable bonds is 1. The fourth-order valence-corrected chi connectivity index (χ4v) is 1.79. The molecule has 0 atom stereocenters. The van der Waals surface area contributed by atoms with E-state index in [2.05, 4.69) is 15.1 Å². The van der Waals surface area contributed by atoms with Crippen molar-refractivity contribution < 1.29 is 0 Å². The number of nitrogens with zero attached hydrogens (tertiary/aromatic N) is 2. The molecule has 72 valence electrons. The maximum atomic E-state index is 5.75. The van der Waals surface area contributed by atoms with Gasteiger partial charge in [0.1, 0.15) is 0 Å². The molecule has 1 aromatic heterocycles. The van der Waals surface area contributed by atoms with Crippen LogP contribution >= 0.6 is 0 Å². The van der Waals surface area contributed by atoms with Crippen LogP contribution in [0.15, 0.2) is 24.4 Å². The Morgan fingerprint density at radius 1 is 1.43 bits per heavy atom. The van der Waals surface area contributed by atoms with Crippen LogP contribution < -0.4 is 11.1 Å². The summed E-state index contributed by atoms with van der Waals surface area (Å²) < 4.78 is 2.06. The van der Waals surface area contributed by atoms with Crippen LogP contribution in [0.5, 0.6) is 0 Å². The van der Waals surface area contributed by atoms with Crippen LogP contribution in [0.3, 0.4) is 0 Å². The Labute approximate surface area is 81.7 Å². The van der Waals surface area contributed by atoms with Gasteiger partial charge in [0.25, 0.3) is 0 Å². The molecule has 14 heavy (non-hydrogen) atoms. The zero-order valence-electron chi connectivity index (χ0n) is 7.77. The molecule has 2 aromatic rings. The first-order valence-electron chi connectivity index (χ1n) is 4.78. The molecule has 3 rings (SSSR count). The van der Waals surface area contributed by atoms with Crippen molar-refractivity contribution in [3.05, 3.63) is 24.4 Å². The lowest BCUT2D eigenvalue weighted by Gasteiger charge is -2.27. The molecule has 2 heterocycles. The highest BCUT2D eigenvalue weighted by atomic mass is 15.3. The van der Waals surface area contributed by atoms with E-state index in [1.165, 1.54) is 0 Å². The summed E-state index contributed by atoms with van der Waals surface area (Å²) >= 11 is 0. The van der Waals surface area contributed by atoms with Crippen LogP contribution in [0.2, 0.25) is 0 Å². The van der Waals surface area contributed by atoms with Crippen molar-refractivity contribution in [2.45, 2.75) is 6.04 Å². The lowest BCUT2D eigenvalue weighted by Crippen LogP contribution is -2.43. The van der Waals surface area contributed by atoms with E-state index in [-0.39, 0.29) is 0 Å². The van der Waals surface area contributed by atoms with Gasteiger partial charge in [0.15, 0.2) is 0 Å². The Hall–Kier alpha value is -1.55. The Morgan fingerprint density at radius 3 is 3.00 bits per heavy atom. The van der Waals surface area contributed by atoms with Gasteiger partial charge in [-0.05, 0) is 18.2 Å². The zero-order valence-corrected chi connectivity index (χ0v) is 7.77. The largest absolute Gasteiger partial charge is 0.399 e. The minimum absolute atomic E-state index is 0.495. The first-order chi connectivity index (χ1) is 6.84. The van der Waals surface area contributed by atoms with Crippen molar-refractivity contribution in [1.29, 1.82) is 0 Å². The smallest absolute Gasteiger partial charge is 0.0774 e. The van der Waals surface area contributed by atoms with Gasteiger partial charge in [0, 0.05) is 24.2 Å². The minimum Gasteiger partial charge on any atom is -0.399 e. The van der Waals surface area contributed by atoms with Gasteiger partial charge in [0.05, 0.1) is 17.8 Å². The van der Waals surface area contributed by atoms with Crippen LogP contribution in [0.1, 0.15) is 6.04 Å². The van der Waals surface area contributed by atoms with Crippen LogP contribution in [0, 0.1) is 0 Å². The number of nitrogen functional groups attached to an aromatic ring is 1. The number of nitrogens with two attached hydrogens (primary N) is 1. The third-order valence-electron chi connectivity index (χ3n) is 2.73. The Kier molecular flexibility index (Phi) is 1.52. The van der Waals surface area contributed by atoms with Crippen molar-refractivity contribution in [2.24, 2.45) is 0 Å². The van der Waals surface area contributed by atoms with Gasteiger partial charge in [-0.15, -0.1) is 0 Å². The molecule has 1 saturated heterocycles. The molecule has 4 nitrogen and oxygen atoms in total. The van der Waals surface area contributed by atoms with Crippen molar-refractivity contribution in [2.75, 3.05) is 18.8 Å². The Morgan fingerprint density at radius 2 is 2.29 bits per heavy atom. The number of hydrogen-bond donors (Lipinski definition) is 2. The van der Waals surface area contributed by atoms with E-state index in [0.29, 0.717) is 6.04 Å². The summed E-state index contributed by atoms with van der Waals surface area (Å²) in [6.45, 7) is 2.01. The molecular formula is C10H12N4. The molecule has 0 amide bonds. The number of nitrogens with one attached hydrogen (secondary N) is 1. The van der Waals surface area contributed by atoms with Gasteiger partial charge in [-0.25, -0.2) is 0 Å². The van der Waals surface area contributed by atoms with Gasteiger partial charge in [-0.2, -0.15) is 5.10 Å². The van der Waals surface area contributed by atoms with E-state index in [0.717, 1.165) is 29.7 Å². The van der Waals surface area contributed by atoms with Crippen LogP contribution in [-0.2, 0) is 0 Å². The number of aromatic nitrogens is 2. The lowest BCUT2D eigenvalue weighted by molar-refractivity contribution is 0.326. The second kappa shape index (κ2) is 2.72. The summed E-state index contributed by atoms with van der Waals surface area (Å²) in [6.07, 6.45) is 1.90. The molecular weight excluding hydrogens is 176 g/mol. The van der Waals surface area contributed by atoms with Crippen molar-refractivity contribution in [3.8, 4) is 0 Å². The summed E-state index contributed by atoms with van der Waals surface area (Å²) in [7, 11) is 0. The van der Waals surface area contributed by atoms with E-state index in [1.807, 2.05) is 24.4 Å².